The Bertz CT molecular complexity index is 1800. The van der Waals surface area contributed by atoms with Gasteiger partial charge in [0.15, 0.2) is 18.7 Å². The Labute approximate surface area is 346 Å². The van der Waals surface area contributed by atoms with E-state index in [1.165, 1.54) is 42.6 Å². The van der Waals surface area contributed by atoms with Crippen LogP contribution in [-0.4, -0.2) is 126 Å². The van der Waals surface area contributed by atoms with E-state index in [1.54, 1.807) is 45.0 Å². The lowest BCUT2D eigenvalue weighted by Gasteiger charge is -2.31. The minimum atomic E-state index is -4.09. The molecule has 0 bridgehead atoms. The lowest BCUT2D eigenvalue weighted by Crippen LogP contribution is -2.51. The molecule has 330 valence electrons. The van der Waals surface area contributed by atoms with Crippen LogP contribution >= 0.6 is 7.37 Å². The average Bonchev–Trinajstić information content (AvgIpc) is 3.82. The fourth-order valence-corrected chi connectivity index (χ4v) is 10.6. The van der Waals surface area contributed by atoms with Gasteiger partial charge in [-0.25, -0.2) is 18.0 Å². The van der Waals surface area contributed by atoms with Crippen molar-refractivity contribution in [2.24, 2.45) is 17.8 Å². The number of aliphatic hydroxyl groups is 1. The molecule has 2 aromatic carbocycles. The van der Waals surface area contributed by atoms with Gasteiger partial charge in [0.25, 0.3) is 0 Å². The van der Waals surface area contributed by atoms with Crippen molar-refractivity contribution in [2.75, 3.05) is 59.1 Å². The molecule has 2 aromatic rings. The van der Waals surface area contributed by atoms with Crippen molar-refractivity contribution in [2.45, 2.75) is 89.9 Å². The molecule has 17 nitrogen and oxygen atoms in total. The number of fused-ring (bicyclic) bond motifs is 1. The summed E-state index contributed by atoms with van der Waals surface area (Å²) in [7, 11) is -6.41. The summed E-state index contributed by atoms with van der Waals surface area (Å²) in [6.45, 7) is 10.5. The number of amides is 1. The molecule has 0 radical (unpaired) electrons. The summed E-state index contributed by atoms with van der Waals surface area (Å²) in [4.78, 5) is 38.1. The Morgan fingerprint density at radius 3 is 2.20 bits per heavy atom. The largest absolute Gasteiger partial charge is 0.497 e. The number of hydrogen-bond donors (Lipinski definition) is 2. The van der Waals surface area contributed by atoms with Crippen LogP contribution in [0.1, 0.15) is 53.5 Å². The second-order valence-electron chi connectivity index (χ2n) is 14.9. The number of sulfonamides is 1. The Hall–Kier alpha value is -3.77. The predicted molar refractivity (Wildman–Crippen MR) is 215 cm³/mol. The number of hydrogen-bond acceptors (Lipinski definition) is 15. The smallest absolute Gasteiger partial charge is 0.407 e. The number of esters is 2. The third-order valence-corrected chi connectivity index (χ3v) is 13.9. The number of rotatable bonds is 23. The molecule has 2 heterocycles. The van der Waals surface area contributed by atoms with Gasteiger partial charge >= 0.3 is 18.0 Å². The topological polar surface area (TPSA) is 212 Å². The van der Waals surface area contributed by atoms with E-state index in [-0.39, 0.29) is 68.0 Å². The van der Waals surface area contributed by atoms with Crippen LogP contribution in [0.4, 0.5) is 4.79 Å². The normalized spacial score (nSPS) is 20.8. The van der Waals surface area contributed by atoms with E-state index in [2.05, 4.69) is 5.32 Å². The molecule has 1 unspecified atom stereocenters. The van der Waals surface area contributed by atoms with Gasteiger partial charge in [0.1, 0.15) is 17.6 Å². The quantitative estimate of drug-likeness (QED) is 0.0889. The van der Waals surface area contributed by atoms with Gasteiger partial charge < -0.3 is 48.1 Å². The predicted octanol–water partition coefficient (Wildman–Crippen LogP) is 4.58. The Morgan fingerprint density at radius 2 is 1.58 bits per heavy atom. The van der Waals surface area contributed by atoms with E-state index in [9.17, 15) is 32.5 Å². The number of carbonyl (C=O) groups is 3. The molecular weight excluding hydrogens is 811 g/mol. The first kappa shape index (κ1) is 47.9. The van der Waals surface area contributed by atoms with Gasteiger partial charge in [-0.05, 0) is 81.5 Å². The minimum Gasteiger partial charge on any atom is -0.497 e. The van der Waals surface area contributed by atoms with Crippen molar-refractivity contribution in [1.82, 2.24) is 9.62 Å². The van der Waals surface area contributed by atoms with Crippen molar-refractivity contribution < 1.29 is 70.2 Å². The van der Waals surface area contributed by atoms with Crippen molar-refractivity contribution in [3.63, 3.8) is 0 Å². The summed E-state index contributed by atoms with van der Waals surface area (Å²) in [5, 5.41) is 14.5. The molecule has 2 fully saturated rings. The van der Waals surface area contributed by atoms with Crippen LogP contribution in [0.25, 0.3) is 0 Å². The highest BCUT2D eigenvalue weighted by atomic mass is 32.2. The van der Waals surface area contributed by atoms with Crippen LogP contribution in [0.15, 0.2) is 53.4 Å². The van der Waals surface area contributed by atoms with Crippen LogP contribution in [0.5, 0.6) is 11.5 Å². The second kappa shape index (κ2) is 22.2. The lowest BCUT2D eigenvalue weighted by atomic mass is 10.0. The zero-order valence-corrected chi connectivity index (χ0v) is 36.5. The zero-order chi connectivity index (χ0) is 43.3. The maximum Gasteiger partial charge on any atom is 0.407 e. The number of methoxy groups -OCH3 is 1. The third-order valence-electron chi connectivity index (χ3n) is 9.68. The fraction of sp³-hybridized carbons (Fsp3) is 0.625. The van der Waals surface area contributed by atoms with Crippen LogP contribution in [0, 0.1) is 17.8 Å². The zero-order valence-electron chi connectivity index (χ0n) is 34.8. The summed E-state index contributed by atoms with van der Waals surface area (Å²) in [5.41, 5.74) is 0.620. The van der Waals surface area contributed by atoms with Gasteiger partial charge in [-0.2, -0.15) is 4.31 Å². The maximum absolute atomic E-state index is 14.0. The summed E-state index contributed by atoms with van der Waals surface area (Å²) in [5.74, 6) is -1.58. The van der Waals surface area contributed by atoms with E-state index >= 15 is 0 Å². The van der Waals surface area contributed by atoms with E-state index < -0.39 is 78.3 Å². The number of alkyl carbamates (subject to hydrolysis) is 1. The Balaban J connectivity index is 1.53. The monoisotopic (exact) mass is 870 g/mol. The van der Waals surface area contributed by atoms with Crippen molar-refractivity contribution in [1.29, 1.82) is 0 Å². The van der Waals surface area contributed by atoms with E-state index in [0.29, 0.717) is 24.3 Å². The molecule has 0 aromatic heterocycles. The van der Waals surface area contributed by atoms with Gasteiger partial charge in [0.2, 0.25) is 17.4 Å². The van der Waals surface area contributed by atoms with Gasteiger partial charge in [-0.3, -0.25) is 9.36 Å². The summed E-state index contributed by atoms with van der Waals surface area (Å²) >= 11 is 0. The highest BCUT2D eigenvalue weighted by Crippen LogP contribution is 2.50. The summed E-state index contributed by atoms with van der Waals surface area (Å²) < 4.78 is 86.8. The summed E-state index contributed by atoms with van der Waals surface area (Å²) in [6, 6.07) is 11.4. The van der Waals surface area contributed by atoms with Crippen LogP contribution < -0.4 is 14.8 Å². The third kappa shape index (κ3) is 13.9. The molecule has 0 saturated carbocycles. The van der Waals surface area contributed by atoms with Crippen molar-refractivity contribution >= 4 is 35.4 Å². The molecule has 0 aliphatic carbocycles. The number of aliphatic hydroxyl groups excluding tert-OH is 1. The first-order valence-corrected chi connectivity index (χ1v) is 23.3. The van der Waals surface area contributed by atoms with Crippen LogP contribution in [0.2, 0.25) is 0 Å². The molecule has 0 spiro atoms. The Kier molecular flexibility index (Phi) is 18.0. The number of nitrogens with zero attached hydrogens (tertiary/aromatic N) is 1. The molecule has 1 amide bonds. The van der Waals surface area contributed by atoms with Gasteiger partial charge in [-0.1, -0.05) is 32.9 Å². The first-order valence-electron chi connectivity index (χ1n) is 19.8. The molecular formula is C40H59N2O15PS. The van der Waals surface area contributed by atoms with Crippen molar-refractivity contribution in [3.8, 4) is 11.5 Å². The van der Waals surface area contributed by atoms with E-state index in [1.807, 2.05) is 13.8 Å². The Morgan fingerprint density at radius 1 is 0.932 bits per heavy atom. The van der Waals surface area contributed by atoms with Crippen LogP contribution in [0.3, 0.4) is 0 Å². The maximum atomic E-state index is 14.0. The molecule has 2 aliphatic rings. The summed E-state index contributed by atoms with van der Waals surface area (Å²) in [6.07, 6.45) is -4.45. The highest BCUT2D eigenvalue weighted by molar-refractivity contribution is 7.89. The lowest BCUT2D eigenvalue weighted by molar-refractivity contribution is -0.150. The molecule has 19 heteroatoms. The number of ether oxygens (including phenoxy) is 7. The van der Waals surface area contributed by atoms with Gasteiger partial charge in [0, 0.05) is 19.3 Å². The molecule has 2 aliphatic heterocycles. The average molecular weight is 871 g/mol. The van der Waals surface area contributed by atoms with Gasteiger partial charge in [0.05, 0.1) is 62.4 Å². The molecule has 4 rings (SSSR count). The second-order valence-corrected chi connectivity index (χ2v) is 19.4. The first-order chi connectivity index (χ1) is 28.0. The van der Waals surface area contributed by atoms with Crippen molar-refractivity contribution in [3.05, 3.63) is 54.1 Å². The number of nitrogens with one attached hydrogen (secondary N) is 1. The SMILES string of the molecule is CCOC(=O)[C@H](C)OP(=O)(COc1ccc(C[C@H](NC(=O)O[C@H]2CO[C@H]3OCC[C@H]32)[C@H](O)CN(CC(C)C)S(=O)(=O)c2ccc(OC)cc2)cc1)C[C@H](C)C(=O)OCC. The number of benzene rings is 2. The molecule has 2 saturated heterocycles. The fourth-order valence-electron chi connectivity index (χ4n) is 6.71. The van der Waals surface area contributed by atoms with Crippen LogP contribution in [-0.2, 0) is 58.8 Å². The molecule has 59 heavy (non-hydrogen) atoms. The standard InChI is InChI=1S/C40H59N2O15PS/c1-8-51-37(44)27(5)24-58(47,57-28(6)38(45)52-9-2)25-55-31-12-10-29(11-13-31)20-34(41-40(46)56-36-23-54-39-33(36)18-19-53-39)35(43)22-42(21-26(3)4)59(48,49)32-16-14-30(50-7)15-17-32/h10-17,26-28,33-36,39,43H,8-9,18-25H2,1-7H3,(H,41,46)/t27-,28-,33-,34-,35+,36-,39+,58?/m0/s1. The number of carbonyl (C=O) groups excluding carboxylic acids is 3. The molecule has 8 atom stereocenters. The minimum absolute atomic E-state index is 0.0147. The highest BCUT2D eigenvalue weighted by Gasteiger charge is 2.44. The van der Waals surface area contributed by atoms with E-state index in [4.69, 9.17) is 37.7 Å². The molecule has 2 N–H and O–H groups in total. The van der Waals surface area contributed by atoms with E-state index in [0.717, 1.165) is 0 Å². The van der Waals surface area contributed by atoms with Gasteiger partial charge in [-0.15, -0.1) is 0 Å².